The molecule has 0 saturated heterocycles. The summed E-state index contributed by atoms with van der Waals surface area (Å²) in [6.45, 7) is 2.25. The fraction of sp³-hybridized carbons (Fsp3) is 0.308. The number of nitrogens with zero attached hydrogens (tertiary/aromatic N) is 1. The Kier molecular flexibility index (Phi) is 4.35. The lowest BCUT2D eigenvalue weighted by atomic mass is 9.96. The van der Waals surface area contributed by atoms with Crippen LogP contribution in [0.4, 0.5) is 0 Å². The maximum absolute atomic E-state index is 10.4. The van der Waals surface area contributed by atoms with Crippen molar-refractivity contribution >= 4 is 22.9 Å². The first-order valence-electron chi connectivity index (χ1n) is 5.67. The van der Waals surface area contributed by atoms with Crippen molar-refractivity contribution in [2.45, 2.75) is 18.9 Å². The van der Waals surface area contributed by atoms with Gasteiger partial charge in [-0.2, -0.15) is 0 Å². The van der Waals surface area contributed by atoms with Gasteiger partial charge in [0.15, 0.2) is 0 Å². The molecule has 5 heteroatoms. The van der Waals surface area contributed by atoms with E-state index in [1.807, 2.05) is 30.5 Å². The zero-order valence-corrected chi connectivity index (χ0v) is 11.6. The molecule has 2 atom stereocenters. The van der Waals surface area contributed by atoms with E-state index in [4.69, 9.17) is 17.3 Å². The normalized spacial score (nSPS) is 14.4. The van der Waals surface area contributed by atoms with Gasteiger partial charge in [-0.1, -0.05) is 17.7 Å². The molecule has 2 unspecified atom stereocenters. The molecule has 96 valence electrons. The highest BCUT2D eigenvalue weighted by Crippen LogP contribution is 2.38. The number of thiophene rings is 1. The van der Waals surface area contributed by atoms with E-state index in [1.165, 1.54) is 11.3 Å². The Balaban J connectivity index is 2.31. The highest BCUT2D eigenvalue weighted by atomic mass is 35.5. The van der Waals surface area contributed by atoms with Crippen LogP contribution in [0, 0.1) is 6.92 Å². The third-order valence-corrected chi connectivity index (χ3v) is 4.68. The minimum Gasteiger partial charge on any atom is -0.387 e. The predicted molar refractivity (Wildman–Crippen MR) is 75.1 cm³/mol. The summed E-state index contributed by atoms with van der Waals surface area (Å²) >= 11 is 7.64. The minimum absolute atomic E-state index is 0.234. The molecular weight excluding hydrogens is 268 g/mol. The SMILES string of the molecule is Cc1csc(C(O)C(CN)c2ccccn2)c1Cl. The Bertz CT molecular complexity index is 515. The maximum atomic E-state index is 10.4. The molecule has 0 radical (unpaired) electrons. The number of rotatable bonds is 4. The predicted octanol–water partition coefficient (Wildman–Crippen LogP) is 2.88. The number of hydrogen-bond donors (Lipinski definition) is 2. The Hall–Kier alpha value is -0.940. The van der Waals surface area contributed by atoms with E-state index >= 15 is 0 Å². The minimum atomic E-state index is -0.712. The molecular formula is C13H15ClN2OS. The van der Waals surface area contributed by atoms with Crippen molar-refractivity contribution in [2.75, 3.05) is 6.54 Å². The first-order chi connectivity index (χ1) is 8.65. The molecule has 0 aliphatic carbocycles. The molecule has 2 heterocycles. The number of aliphatic hydroxyl groups is 1. The van der Waals surface area contributed by atoms with Crippen molar-refractivity contribution in [1.82, 2.24) is 4.98 Å². The molecule has 0 amide bonds. The van der Waals surface area contributed by atoms with Crippen LogP contribution in [0.3, 0.4) is 0 Å². The van der Waals surface area contributed by atoms with Crippen LogP contribution in [-0.4, -0.2) is 16.6 Å². The van der Waals surface area contributed by atoms with Gasteiger partial charge in [0, 0.05) is 24.4 Å². The van der Waals surface area contributed by atoms with Crippen molar-refractivity contribution in [3.8, 4) is 0 Å². The number of hydrogen-bond acceptors (Lipinski definition) is 4. The molecule has 2 aromatic rings. The molecule has 0 saturated carbocycles. The summed E-state index contributed by atoms with van der Waals surface area (Å²) < 4.78 is 0. The first kappa shape index (κ1) is 13.5. The van der Waals surface area contributed by atoms with Gasteiger partial charge in [-0.25, -0.2) is 0 Å². The summed E-state index contributed by atoms with van der Waals surface area (Å²) in [7, 11) is 0. The van der Waals surface area contributed by atoms with Gasteiger partial charge in [0.1, 0.15) is 0 Å². The lowest BCUT2D eigenvalue weighted by molar-refractivity contribution is 0.149. The number of pyridine rings is 1. The van der Waals surface area contributed by atoms with Crippen molar-refractivity contribution < 1.29 is 5.11 Å². The van der Waals surface area contributed by atoms with E-state index in [2.05, 4.69) is 4.98 Å². The number of aliphatic hydroxyl groups excluding tert-OH is 1. The lowest BCUT2D eigenvalue weighted by Crippen LogP contribution is -2.20. The van der Waals surface area contributed by atoms with E-state index in [-0.39, 0.29) is 5.92 Å². The van der Waals surface area contributed by atoms with Crippen molar-refractivity contribution in [1.29, 1.82) is 0 Å². The third-order valence-electron chi connectivity index (χ3n) is 2.90. The van der Waals surface area contributed by atoms with Gasteiger partial charge < -0.3 is 10.8 Å². The van der Waals surface area contributed by atoms with Gasteiger partial charge >= 0.3 is 0 Å². The molecule has 0 spiro atoms. The van der Waals surface area contributed by atoms with E-state index in [1.54, 1.807) is 6.20 Å². The van der Waals surface area contributed by atoms with Crippen molar-refractivity contribution in [2.24, 2.45) is 5.73 Å². The molecule has 3 N–H and O–H groups in total. The van der Waals surface area contributed by atoms with Crippen LogP contribution in [-0.2, 0) is 0 Å². The van der Waals surface area contributed by atoms with Gasteiger partial charge in [0.05, 0.1) is 16.0 Å². The largest absolute Gasteiger partial charge is 0.387 e. The lowest BCUT2D eigenvalue weighted by Gasteiger charge is -2.20. The first-order valence-corrected chi connectivity index (χ1v) is 6.93. The van der Waals surface area contributed by atoms with Crippen LogP contribution in [0.5, 0.6) is 0 Å². The summed E-state index contributed by atoms with van der Waals surface area (Å²) in [5.41, 5.74) is 7.53. The van der Waals surface area contributed by atoms with E-state index in [0.717, 1.165) is 16.1 Å². The average Bonchev–Trinajstić information content (AvgIpc) is 2.72. The Labute approximate surface area is 115 Å². The summed E-state index contributed by atoms with van der Waals surface area (Å²) in [5.74, 6) is -0.234. The number of halogens is 1. The van der Waals surface area contributed by atoms with Crippen LogP contribution < -0.4 is 5.73 Å². The van der Waals surface area contributed by atoms with E-state index in [9.17, 15) is 5.11 Å². The van der Waals surface area contributed by atoms with Gasteiger partial charge in [0.25, 0.3) is 0 Å². The second-order valence-corrected chi connectivity index (χ2v) is 5.43. The quantitative estimate of drug-likeness (QED) is 0.906. The molecule has 18 heavy (non-hydrogen) atoms. The van der Waals surface area contributed by atoms with Crippen LogP contribution >= 0.6 is 22.9 Å². The summed E-state index contributed by atoms with van der Waals surface area (Å²) in [6, 6.07) is 5.60. The molecule has 0 bridgehead atoms. The topological polar surface area (TPSA) is 59.1 Å². The van der Waals surface area contributed by atoms with Gasteiger partial charge in [0.2, 0.25) is 0 Å². The maximum Gasteiger partial charge on any atom is 0.0992 e. The Morgan fingerprint density at radius 2 is 2.28 bits per heavy atom. The summed E-state index contributed by atoms with van der Waals surface area (Å²) in [6.07, 6.45) is 0.988. The Morgan fingerprint density at radius 3 is 2.78 bits per heavy atom. The third kappa shape index (κ3) is 2.57. The smallest absolute Gasteiger partial charge is 0.0992 e. The molecule has 0 fully saturated rings. The fourth-order valence-corrected chi connectivity index (χ4v) is 3.19. The van der Waals surface area contributed by atoms with Crippen LogP contribution in [0.1, 0.15) is 28.2 Å². The summed E-state index contributed by atoms with van der Waals surface area (Å²) in [4.78, 5) is 5.01. The fourth-order valence-electron chi connectivity index (χ4n) is 1.84. The van der Waals surface area contributed by atoms with E-state index in [0.29, 0.717) is 11.6 Å². The average molecular weight is 283 g/mol. The molecule has 0 aliphatic rings. The van der Waals surface area contributed by atoms with Crippen molar-refractivity contribution in [3.63, 3.8) is 0 Å². The molecule has 3 nitrogen and oxygen atoms in total. The highest BCUT2D eigenvalue weighted by molar-refractivity contribution is 7.10. The van der Waals surface area contributed by atoms with Gasteiger partial charge in [-0.05, 0) is 30.0 Å². The zero-order chi connectivity index (χ0) is 13.1. The summed E-state index contributed by atoms with van der Waals surface area (Å²) in [5, 5.41) is 13.0. The van der Waals surface area contributed by atoms with Gasteiger partial charge in [-0.3, -0.25) is 4.98 Å². The second kappa shape index (κ2) is 5.80. The molecule has 0 aliphatic heterocycles. The molecule has 0 aromatic carbocycles. The Morgan fingerprint density at radius 1 is 1.50 bits per heavy atom. The number of nitrogens with two attached hydrogens (primary N) is 1. The zero-order valence-electron chi connectivity index (χ0n) is 10.0. The standard InChI is InChI=1S/C13H15ClN2OS/c1-8-7-18-13(11(8)14)12(17)9(6-15)10-4-2-3-5-16-10/h2-5,7,9,12,17H,6,15H2,1H3. The van der Waals surface area contributed by atoms with Crippen LogP contribution in [0.15, 0.2) is 29.8 Å². The number of aryl methyl sites for hydroxylation is 1. The van der Waals surface area contributed by atoms with E-state index < -0.39 is 6.10 Å². The second-order valence-electron chi connectivity index (χ2n) is 4.14. The van der Waals surface area contributed by atoms with Crippen LogP contribution in [0.25, 0.3) is 0 Å². The molecule has 2 rings (SSSR count). The monoisotopic (exact) mass is 282 g/mol. The number of aromatic nitrogens is 1. The molecule has 2 aromatic heterocycles. The van der Waals surface area contributed by atoms with Crippen LogP contribution in [0.2, 0.25) is 5.02 Å². The highest BCUT2D eigenvalue weighted by Gasteiger charge is 2.26. The van der Waals surface area contributed by atoms with Crippen molar-refractivity contribution in [3.05, 3.63) is 50.9 Å². The van der Waals surface area contributed by atoms with Gasteiger partial charge in [-0.15, -0.1) is 11.3 Å².